The van der Waals surface area contributed by atoms with Crippen molar-refractivity contribution in [3.8, 4) is 5.75 Å². The van der Waals surface area contributed by atoms with E-state index < -0.39 is 11.9 Å². The fourth-order valence-electron chi connectivity index (χ4n) is 2.29. The fourth-order valence-corrected chi connectivity index (χ4v) is 2.29. The molecule has 2 heterocycles. The molecule has 0 aliphatic heterocycles. The number of methoxy groups -OCH3 is 2. The van der Waals surface area contributed by atoms with Crippen molar-refractivity contribution in [3.05, 3.63) is 35.2 Å². The van der Waals surface area contributed by atoms with Crippen LogP contribution in [0.3, 0.4) is 0 Å². The largest absolute Gasteiger partial charge is 0.497 e. The maximum absolute atomic E-state index is 12.4. The van der Waals surface area contributed by atoms with Gasteiger partial charge in [0.05, 0.1) is 25.3 Å². The van der Waals surface area contributed by atoms with Crippen LogP contribution >= 0.6 is 0 Å². The summed E-state index contributed by atoms with van der Waals surface area (Å²) in [7, 11) is 2.80. The molecular weight excluding hydrogens is 314 g/mol. The van der Waals surface area contributed by atoms with E-state index in [0.29, 0.717) is 22.5 Å². The highest BCUT2D eigenvalue weighted by molar-refractivity contribution is 6.10. The maximum atomic E-state index is 12.4. The number of H-pyrrole nitrogens is 2. The van der Waals surface area contributed by atoms with E-state index in [0.717, 1.165) is 0 Å². The predicted octanol–water partition coefficient (Wildman–Crippen LogP) is 1.64. The van der Waals surface area contributed by atoms with E-state index in [9.17, 15) is 9.59 Å². The molecule has 0 saturated carbocycles. The molecule has 0 fully saturated rings. The molecule has 3 rings (SSSR count). The Labute approximate surface area is 136 Å². The molecule has 0 spiro atoms. The summed E-state index contributed by atoms with van der Waals surface area (Å²) in [5, 5.41) is 9.05. The third kappa shape index (κ3) is 2.67. The van der Waals surface area contributed by atoms with Crippen molar-refractivity contribution in [1.29, 1.82) is 0 Å². The molecule has 0 radical (unpaired) electrons. The number of carbonyl (C=O) groups excluding carboxylic acids is 2. The summed E-state index contributed by atoms with van der Waals surface area (Å²) >= 11 is 0. The summed E-state index contributed by atoms with van der Waals surface area (Å²) in [6.45, 7) is 1.63. The molecule has 124 valence electrons. The van der Waals surface area contributed by atoms with Gasteiger partial charge in [0.1, 0.15) is 11.3 Å². The first-order valence-corrected chi connectivity index (χ1v) is 7.02. The quantitative estimate of drug-likeness (QED) is 0.626. The fraction of sp³-hybridized carbons (Fsp3) is 0.200. The van der Waals surface area contributed by atoms with Crippen LogP contribution in [0.2, 0.25) is 0 Å². The molecule has 3 N–H and O–H groups in total. The average Bonchev–Trinajstić information content (AvgIpc) is 3.15. The monoisotopic (exact) mass is 329 g/mol. The lowest BCUT2D eigenvalue weighted by Gasteiger charge is -2.02. The molecule has 2 aromatic heterocycles. The number of imidazole rings is 1. The van der Waals surface area contributed by atoms with Gasteiger partial charge in [0, 0.05) is 11.8 Å². The Morgan fingerprint density at radius 2 is 2.04 bits per heavy atom. The van der Waals surface area contributed by atoms with Crippen molar-refractivity contribution in [1.82, 2.24) is 20.2 Å². The van der Waals surface area contributed by atoms with Crippen LogP contribution in [-0.4, -0.2) is 46.3 Å². The van der Waals surface area contributed by atoms with Gasteiger partial charge >= 0.3 is 5.97 Å². The lowest BCUT2D eigenvalue weighted by molar-refractivity contribution is 0.0596. The van der Waals surface area contributed by atoms with Crippen molar-refractivity contribution in [3.63, 3.8) is 0 Å². The third-order valence-electron chi connectivity index (χ3n) is 3.47. The number of fused-ring (bicyclic) bond motifs is 1. The zero-order valence-electron chi connectivity index (χ0n) is 13.3. The highest BCUT2D eigenvalue weighted by Crippen LogP contribution is 2.21. The number of hydrogen-bond donors (Lipinski definition) is 3. The van der Waals surface area contributed by atoms with Crippen LogP contribution in [0.25, 0.3) is 11.0 Å². The van der Waals surface area contributed by atoms with E-state index in [4.69, 9.17) is 4.74 Å². The van der Waals surface area contributed by atoms with Gasteiger partial charge in [0.2, 0.25) is 5.95 Å². The number of ether oxygens (including phenoxy) is 2. The SMILES string of the molecule is COC(=O)c1c(C(=O)Nc2nc3ccc(OC)cc3[nH]2)n[nH]c1C. The van der Waals surface area contributed by atoms with E-state index in [1.807, 2.05) is 0 Å². The van der Waals surface area contributed by atoms with E-state index in [-0.39, 0.29) is 17.2 Å². The van der Waals surface area contributed by atoms with Crippen molar-refractivity contribution in [2.45, 2.75) is 6.92 Å². The third-order valence-corrected chi connectivity index (χ3v) is 3.47. The van der Waals surface area contributed by atoms with Crippen LogP contribution in [0.4, 0.5) is 5.95 Å². The molecule has 0 aliphatic rings. The highest BCUT2D eigenvalue weighted by Gasteiger charge is 2.24. The van der Waals surface area contributed by atoms with Gasteiger partial charge in [0.25, 0.3) is 5.91 Å². The van der Waals surface area contributed by atoms with Crippen LogP contribution in [0.1, 0.15) is 26.5 Å². The number of anilines is 1. The van der Waals surface area contributed by atoms with Gasteiger partial charge in [-0.15, -0.1) is 0 Å². The minimum absolute atomic E-state index is 0.0580. The van der Waals surface area contributed by atoms with E-state index >= 15 is 0 Å². The first kappa shape index (κ1) is 15.5. The smallest absolute Gasteiger partial charge is 0.342 e. The summed E-state index contributed by atoms with van der Waals surface area (Å²) in [4.78, 5) is 31.4. The molecular formula is C15H15N5O4. The molecule has 1 amide bonds. The molecule has 0 atom stereocenters. The van der Waals surface area contributed by atoms with Crippen molar-refractivity contribution in [2.24, 2.45) is 0 Å². The Bertz CT molecular complexity index is 927. The molecule has 0 unspecified atom stereocenters. The normalized spacial score (nSPS) is 10.6. The molecule has 9 heteroatoms. The van der Waals surface area contributed by atoms with Gasteiger partial charge < -0.3 is 14.5 Å². The Balaban J connectivity index is 1.89. The zero-order valence-corrected chi connectivity index (χ0v) is 13.3. The second-order valence-corrected chi connectivity index (χ2v) is 4.99. The number of rotatable bonds is 4. The number of hydrogen-bond acceptors (Lipinski definition) is 6. The molecule has 0 aliphatic carbocycles. The molecule has 0 saturated heterocycles. The van der Waals surface area contributed by atoms with Crippen molar-refractivity contribution >= 4 is 28.9 Å². The lowest BCUT2D eigenvalue weighted by atomic mass is 10.2. The predicted molar refractivity (Wildman–Crippen MR) is 85.3 cm³/mol. The molecule has 24 heavy (non-hydrogen) atoms. The topological polar surface area (TPSA) is 122 Å². The highest BCUT2D eigenvalue weighted by atomic mass is 16.5. The Morgan fingerprint density at radius 3 is 2.75 bits per heavy atom. The van der Waals surface area contributed by atoms with Crippen molar-refractivity contribution in [2.75, 3.05) is 19.5 Å². The standard InChI is InChI=1S/C15H15N5O4/c1-7-11(14(22)24-3)12(20-19-7)13(21)18-15-16-9-5-4-8(23-2)6-10(9)17-15/h4-6H,1-3H3,(H,19,20)(H2,16,17,18,21). The first-order chi connectivity index (χ1) is 11.5. The minimum atomic E-state index is -0.638. The molecule has 0 bridgehead atoms. The van der Waals surface area contributed by atoms with Gasteiger partial charge in [-0.25, -0.2) is 9.78 Å². The molecule has 3 aromatic rings. The van der Waals surface area contributed by atoms with Gasteiger partial charge in [-0.05, 0) is 19.1 Å². The summed E-state index contributed by atoms with van der Waals surface area (Å²) < 4.78 is 9.81. The van der Waals surface area contributed by atoms with Gasteiger partial charge in [-0.1, -0.05) is 0 Å². The average molecular weight is 329 g/mol. The summed E-state index contributed by atoms with van der Waals surface area (Å²) in [5.74, 6) is -0.314. The van der Waals surface area contributed by atoms with E-state index in [2.05, 4.69) is 30.2 Å². The number of benzene rings is 1. The summed E-state index contributed by atoms with van der Waals surface area (Å²) in [6, 6.07) is 5.29. The number of nitrogens with one attached hydrogen (secondary N) is 3. The summed E-state index contributed by atoms with van der Waals surface area (Å²) in [5.41, 5.74) is 1.85. The van der Waals surface area contributed by atoms with E-state index in [1.165, 1.54) is 7.11 Å². The van der Waals surface area contributed by atoms with Crippen molar-refractivity contribution < 1.29 is 19.1 Å². The van der Waals surface area contributed by atoms with Crippen LogP contribution in [0.5, 0.6) is 5.75 Å². The van der Waals surface area contributed by atoms with Gasteiger partial charge in [-0.3, -0.25) is 15.2 Å². The molecule has 1 aromatic carbocycles. The van der Waals surface area contributed by atoms with Gasteiger partial charge in [0.15, 0.2) is 5.69 Å². The van der Waals surface area contributed by atoms with Crippen LogP contribution in [-0.2, 0) is 4.74 Å². The number of aryl methyl sites for hydroxylation is 1. The number of carbonyl (C=O) groups is 2. The second kappa shape index (κ2) is 6.03. The number of aromatic amines is 2. The van der Waals surface area contributed by atoms with Crippen LogP contribution < -0.4 is 10.1 Å². The Morgan fingerprint density at radius 1 is 1.25 bits per heavy atom. The van der Waals surface area contributed by atoms with Gasteiger partial charge in [-0.2, -0.15) is 5.10 Å². The first-order valence-electron chi connectivity index (χ1n) is 7.02. The Hall–Kier alpha value is -3.36. The maximum Gasteiger partial charge on any atom is 0.342 e. The molecule has 9 nitrogen and oxygen atoms in total. The van der Waals surface area contributed by atoms with Crippen LogP contribution in [0, 0.1) is 6.92 Å². The lowest BCUT2D eigenvalue weighted by Crippen LogP contribution is -2.18. The summed E-state index contributed by atoms with van der Waals surface area (Å²) in [6.07, 6.45) is 0. The number of nitrogens with zero attached hydrogens (tertiary/aromatic N) is 2. The number of aromatic nitrogens is 4. The number of amides is 1. The number of esters is 1. The zero-order chi connectivity index (χ0) is 17.3. The second-order valence-electron chi connectivity index (χ2n) is 4.99. The van der Waals surface area contributed by atoms with Crippen LogP contribution in [0.15, 0.2) is 18.2 Å². The van der Waals surface area contributed by atoms with E-state index in [1.54, 1.807) is 32.2 Å². The minimum Gasteiger partial charge on any atom is -0.497 e. The Kier molecular flexibility index (Phi) is 3.90.